The number of rotatable bonds is 4. The molecule has 0 aliphatic carbocycles. The summed E-state index contributed by atoms with van der Waals surface area (Å²) in [5, 5.41) is 7.70. The minimum absolute atomic E-state index is 0.00795. The van der Waals surface area contributed by atoms with Crippen molar-refractivity contribution in [1.29, 1.82) is 0 Å². The molecule has 0 bridgehead atoms. The number of aromatic nitrogens is 2. The summed E-state index contributed by atoms with van der Waals surface area (Å²) in [5.74, 6) is -0.306. The molecular formula is C14H17N3O2. The Hall–Kier alpha value is -2.17. The van der Waals surface area contributed by atoms with Crippen LogP contribution in [-0.2, 0) is 11.8 Å². The van der Waals surface area contributed by atoms with Crippen LogP contribution >= 0.6 is 0 Å². The summed E-state index contributed by atoms with van der Waals surface area (Å²) in [6.45, 7) is 3.47. The quantitative estimate of drug-likeness (QED) is 0.908. The molecule has 0 saturated heterocycles. The molecule has 19 heavy (non-hydrogen) atoms. The van der Waals surface area contributed by atoms with Crippen molar-refractivity contribution in [2.45, 2.75) is 26.3 Å². The van der Waals surface area contributed by atoms with Crippen molar-refractivity contribution in [3.05, 3.63) is 30.0 Å². The number of hydrogen-bond acceptors (Lipinski definition) is 3. The van der Waals surface area contributed by atoms with Gasteiger partial charge in [0.2, 0.25) is 0 Å². The van der Waals surface area contributed by atoms with Crippen LogP contribution in [0.2, 0.25) is 0 Å². The maximum absolute atomic E-state index is 12.2. The summed E-state index contributed by atoms with van der Waals surface area (Å²) >= 11 is 0. The van der Waals surface area contributed by atoms with E-state index in [1.165, 1.54) is 0 Å². The van der Waals surface area contributed by atoms with E-state index in [-0.39, 0.29) is 11.7 Å². The zero-order chi connectivity index (χ0) is 14.0. The van der Waals surface area contributed by atoms with Gasteiger partial charge in [0.25, 0.3) is 5.91 Å². The SMILES string of the molecule is CCC(=O)C(C)NC(=O)c1nn(C)c2ccccc12. The van der Waals surface area contributed by atoms with Crippen LogP contribution in [0.25, 0.3) is 10.9 Å². The highest BCUT2D eigenvalue weighted by atomic mass is 16.2. The van der Waals surface area contributed by atoms with Gasteiger partial charge in [0.1, 0.15) is 0 Å². The van der Waals surface area contributed by atoms with Gasteiger partial charge in [-0.15, -0.1) is 0 Å². The molecule has 0 saturated carbocycles. The second-order valence-electron chi connectivity index (χ2n) is 4.50. The Kier molecular flexibility index (Phi) is 3.64. The Labute approximate surface area is 111 Å². The first-order valence-electron chi connectivity index (χ1n) is 6.30. The maximum atomic E-state index is 12.2. The number of benzene rings is 1. The fourth-order valence-corrected chi connectivity index (χ4v) is 2.03. The Bertz CT molecular complexity index is 631. The van der Waals surface area contributed by atoms with E-state index < -0.39 is 6.04 Å². The lowest BCUT2D eigenvalue weighted by Crippen LogP contribution is -2.38. The average molecular weight is 259 g/mol. The zero-order valence-electron chi connectivity index (χ0n) is 11.3. The van der Waals surface area contributed by atoms with E-state index in [9.17, 15) is 9.59 Å². The summed E-state index contributed by atoms with van der Waals surface area (Å²) in [6.07, 6.45) is 0.407. The van der Waals surface area contributed by atoms with Gasteiger partial charge < -0.3 is 5.32 Å². The number of ketones is 1. The van der Waals surface area contributed by atoms with Gasteiger partial charge in [0, 0.05) is 18.9 Å². The first-order chi connectivity index (χ1) is 9.04. The monoisotopic (exact) mass is 259 g/mol. The molecule has 1 aromatic carbocycles. The molecule has 0 spiro atoms. The molecule has 2 rings (SSSR count). The molecule has 0 aliphatic rings. The number of para-hydroxylation sites is 1. The number of Topliss-reactive ketones (excluding diaryl/α,β-unsaturated/α-hetero) is 1. The predicted molar refractivity (Wildman–Crippen MR) is 72.9 cm³/mol. The molecular weight excluding hydrogens is 242 g/mol. The Morgan fingerprint density at radius 3 is 2.74 bits per heavy atom. The number of aryl methyl sites for hydroxylation is 1. The van der Waals surface area contributed by atoms with Crippen LogP contribution in [0, 0.1) is 0 Å². The van der Waals surface area contributed by atoms with Crippen LogP contribution in [0.5, 0.6) is 0 Å². The average Bonchev–Trinajstić information content (AvgIpc) is 2.76. The number of nitrogens with zero attached hydrogens (tertiary/aromatic N) is 2. The lowest BCUT2D eigenvalue weighted by Gasteiger charge is -2.10. The smallest absolute Gasteiger partial charge is 0.273 e. The van der Waals surface area contributed by atoms with Crippen molar-refractivity contribution in [1.82, 2.24) is 15.1 Å². The molecule has 0 fully saturated rings. The number of carbonyl (C=O) groups excluding carboxylic acids is 2. The third-order valence-corrected chi connectivity index (χ3v) is 3.15. The zero-order valence-corrected chi connectivity index (χ0v) is 11.3. The maximum Gasteiger partial charge on any atom is 0.273 e. The van der Waals surface area contributed by atoms with Gasteiger partial charge in [0.05, 0.1) is 11.6 Å². The van der Waals surface area contributed by atoms with E-state index in [1.807, 2.05) is 24.3 Å². The summed E-state index contributed by atoms with van der Waals surface area (Å²) in [4.78, 5) is 23.7. The van der Waals surface area contributed by atoms with E-state index in [0.29, 0.717) is 12.1 Å². The van der Waals surface area contributed by atoms with Gasteiger partial charge in [-0.25, -0.2) is 0 Å². The molecule has 1 amide bonds. The van der Waals surface area contributed by atoms with Gasteiger partial charge in [-0.2, -0.15) is 5.10 Å². The van der Waals surface area contributed by atoms with Crippen LogP contribution < -0.4 is 5.32 Å². The molecule has 0 aliphatic heterocycles. The van der Waals surface area contributed by atoms with E-state index in [0.717, 1.165) is 10.9 Å². The number of nitrogens with one attached hydrogen (secondary N) is 1. The second kappa shape index (κ2) is 5.22. The molecule has 2 aromatic rings. The van der Waals surface area contributed by atoms with Crippen LogP contribution in [0.3, 0.4) is 0 Å². The Morgan fingerprint density at radius 1 is 1.37 bits per heavy atom. The molecule has 1 atom stereocenters. The molecule has 0 radical (unpaired) electrons. The number of fused-ring (bicyclic) bond motifs is 1. The standard InChI is InChI=1S/C14H17N3O2/c1-4-12(18)9(2)15-14(19)13-10-7-5-6-8-11(10)17(3)16-13/h5-9H,4H2,1-3H3,(H,15,19). The van der Waals surface area contributed by atoms with Gasteiger partial charge in [-0.05, 0) is 13.0 Å². The first kappa shape index (κ1) is 13.3. The van der Waals surface area contributed by atoms with Gasteiger partial charge in [0.15, 0.2) is 11.5 Å². The van der Waals surface area contributed by atoms with Gasteiger partial charge >= 0.3 is 0 Å². The largest absolute Gasteiger partial charge is 0.341 e. The van der Waals surface area contributed by atoms with Crippen molar-refractivity contribution in [2.75, 3.05) is 0 Å². The topological polar surface area (TPSA) is 64.0 Å². The van der Waals surface area contributed by atoms with Crippen molar-refractivity contribution in [2.24, 2.45) is 7.05 Å². The molecule has 1 unspecified atom stereocenters. The predicted octanol–water partition coefficient (Wildman–Crippen LogP) is 1.67. The van der Waals surface area contributed by atoms with Gasteiger partial charge in [-0.3, -0.25) is 14.3 Å². The normalized spacial score (nSPS) is 12.4. The molecule has 5 heteroatoms. The molecule has 1 heterocycles. The molecule has 100 valence electrons. The Balaban J connectivity index is 2.30. The van der Waals surface area contributed by atoms with E-state index >= 15 is 0 Å². The highest BCUT2D eigenvalue weighted by Crippen LogP contribution is 2.17. The van der Waals surface area contributed by atoms with Crippen molar-refractivity contribution >= 4 is 22.6 Å². The molecule has 5 nitrogen and oxygen atoms in total. The number of carbonyl (C=O) groups is 2. The lowest BCUT2D eigenvalue weighted by molar-refractivity contribution is -0.120. The minimum atomic E-state index is -0.488. The van der Waals surface area contributed by atoms with E-state index in [1.54, 1.807) is 25.6 Å². The summed E-state index contributed by atoms with van der Waals surface area (Å²) in [5.41, 5.74) is 1.25. The first-order valence-corrected chi connectivity index (χ1v) is 6.30. The lowest BCUT2D eigenvalue weighted by atomic mass is 10.1. The summed E-state index contributed by atoms with van der Waals surface area (Å²) in [6, 6.07) is 7.03. The highest BCUT2D eigenvalue weighted by molar-refractivity contribution is 6.06. The van der Waals surface area contributed by atoms with Crippen molar-refractivity contribution < 1.29 is 9.59 Å². The highest BCUT2D eigenvalue weighted by Gasteiger charge is 2.19. The minimum Gasteiger partial charge on any atom is -0.341 e. The van der Waals surface area contributed by atoms with Gasteiger partial charge in [-0.1, -0.05) is 25.1 Å². The third-order valence-electron chi connectivity index (χ3n) is 3.15. The summed E-state index contributed by atoms with van der Waals surface area (Å²) < 4.78 is 1.66. The summed E-state index contributed by atoms with van der Waals surface area (Å²) in [7, 11) is 1.79. The second-order valence-corrected chi connectivity index (χ2v) is 4.50. The number of amides is 1. The fraction of sp³-hybridized carbons (Fsp3) is 0.357. The molecule has 1 N–H and O–H groups in total. The van der Waals surface area contributed by atoms with Crippen LogP contribution in [0.15, 0.2) is 24.3 Å². The van der Waals surface area contributed by atoms with Crippen LogP contribution in [0.1, 0.15) is 30.8 Å². The Morgan fingerprint density at radius 2 is 2.05 bits per heavy atom. The molecule has 1 aromatic heterocycles. The fourth-order valence-electron chi connectivity index (χ4n) is 2.03. The van der Waals surface area contributed by atoms with Crippen LogP contribution in [0.4, 0.5) is 0 Å². The van der Waals surface area contributed by atoms with Crippen molar-refractivity contribution in [3.8, 4) is 0 Å². The van der Waals surface area contributed by atoms with E-state index in [4.69, 9.17) is 0 Å². The van der Waals surface area contributed by atoms with Crippen LogP contribution in [-0.4, -0.2) is 27.5 Å². The number of hydrogen-bond donors (Lipinski definition) is 1. The van der Waals surface area contributed by atoms with E-state index in [2.05, 4.69) is 10.4 Å². The van der Waals surface area contributed by atoms with Crippen molar-refractivity contribution in [3.63, 3.8) is 0 Å². The third kappa shape index (κ3) is 2.50.